The van der Waals surface area contributed by atoms with Crippen LogP contribution < -0.4 is 5.32 Å². The second-order valence-corrected chi connectivity index (χ2v) is 7.14. The lowest BCUT2D eigenvalue weighted by molar-refractivity contribution is -0.116. The summed E-state index contributed by atoms with van der Waals surface area (Å²) in [4.78, 5) is 21.4. The molecule has 1 aromatic carbocycles. The van der Waals surface area contributed by atoms with Gasteiger partial charge in [-0.25, -0.2) is 4.98 Å². The Morgan fingerprint density at radius 2 is 2.12 bits per heavy atom. The number of H-pyrrole nitrogens is 1. The molecule has 0 radical (unpaired) electrons. The number of aromatic amines is 1. The van der Waals surface area contributed by atoms with Gasteiger partial charge in [0, 0.05) is 22.8 Å². The number of anilines is 1. The van der Waals surface area contributed by atoms with Gasteiger partial charge in [-0.1, -0.05) is 18.2 Å². The quantitative estimate of drug-likeness (QED) is 0.581. The molecule has 0 saturated carbocycles. The van der Waals surface area contributed by atoms with Gasteiger partial charge in [-0.15, -0.1) is 11.3 Å². The van der Waals surface area contributed by atoms with E-state index >= 15 is 0 Å². The van der Waals surface area contributed by atoms with E-state index in [0.717, 1.165) is 22.3 Å². The Morgan fingerprint density at radius 3 is 2.92 bits per heavy atom. The molecule has 1 aliphatic rings. The first-order valence-corrected chi connectivity index (χ1v) is 8.96. The lowest BCUT2D eigenvalue weighted by atomic mass is 9.91. The number of hydrogen-bond acceptors (Lipinski definition) is 4. The molecule has 4 heterocycles. The minimum atomic E-state index is 0.00293. The minimum Gasteiger partial charge on any atom is -0.322 e. The first-order chi connectivity index (χ1) is 12.2. The Kier molecular flexibility index (Phi) is 3.05. The van der Waals surface area contributed by atoms with Crippen molar-refractivity contribution in [3.63, 3.8) is 0 Å². The van der Waals surface area contributed by atoms with Crippen LogP contribution in [0.25, 0.3) is 17.0 Å². The van der Waals surface area contributed by atoms with Gasteiger partial charge < -0.3 is 10.3 Å². The summed E-state index contributed by atoms with van der Waals surface area (Å²) in [5, 5.41) is 9.70. The molecule has 0 spiro atoms. The number of carbonyl (C=O) groups is 1. The Morgan fingerprint density at radius 1 is 1.24 bits per heavy atom. The molecule has 5 rings (SSSR count). The van der Waals surface area contributed by atoms with Crippen LogP contribution in [0, 0.1) is 6.92 Å². The van der Waals surface area contributed by atoms with E-state index in [9.17, 15) is 4.79 Å². The fourth-order valence-electron chi connectivity index (χ4n) is 3.47. The highest BCUT2D eigenvalue weighted by molar-refractivity contribution is 7.10. The standard InChI is InChI=1S/C18H15N5OS/c1-10-16-11(14-7-4-8-25-14)9-15(24)21-17(16)23(22-10)18-19-12-5-2-3-6-13(12)20-18/h2-8,11H,9H2,1H3,(H,19,20)(H,21,24)/t11-/m0/s1. The third kappa shape index (κ3) is 2.20. The average molecular weight is 349 g/mol. The van der Waals surface area contributed by atoms with Crippen LogP contribution in [0.1, 0.15) is 28.5 Å². The Balaban J connectivity index is 1.70. The third-order valence-electron chi connectivity index (χ3n) is 4.57. The van der Waals surface area contributed by atoms with Gasteiger partial charge in [-0.3, -0.25) is 4.79 Å². The first kappa shape index (κ1) is 14.4. The van der Waals surface area contributed by atoms with Crippen LogP contribution in [0.5, 0.6) is 0 Å². The molecule has 4 aromatic rings. The van der Waals surface area contributed by atoms with E-state index in [4.69, 9.17) is 0 Å². The predicted molar refractivity (Wildman–Crippen MR) is 97.4 cm³/mol. The zero-order valence-electron chi connectivity index (χ0n) is 13.5. The smallest absolute Gasteiger partial charge is 0.231 e. The summed E-state index contributed by atoms with van der Waals surface area (Å²) in [6, 6.07) is 11.9. The van der Waals surface area contributed by atoms with Gasteiger partial charge in [0.1, 0.15) is 5.82 Å². The van der Waals surface area contributed by atoms with Gasteiger partial charge in [0.05, 0.1) is 16.7 Å². The molecular weight excluding hydrogens is 334 g/mol. The number of aryl methyl sites for hydroxylation is 1. The molecule has 0 fully saturated rings. The normalized spacial score (nSPS) is 16.8. The largest absolute Gasteiger partial charge is 0.322 e. The zero-order chi connectivity index (χ0) is 17.0. The maximum Gasteiger partial charge on any atom is 0.231 e. The van der Waals surface area contributed by atoms with Crippen molar-refractivity contribution in [3.05, 3.63) is 57.9 Å². The summed E-state index contributed by atoms with van der Waals surface area (Å²) in [6.07, 6.45) is 0.445. The molecule has 124 valence electrons. The number of thiophene rings is 1. The summed E-state index contributed by atoms with van der Waals surface area (Å²) in [5.41, 5.74) is 3.80. The fourth-order valence-corrected chi connectivity index (χ4v) is 4.31. The van der Waals surface area contributed by atoms with E-state index in [-0.39, 0.29) is 11.8 Å². The number of benzene rings is 1. The molecule has 0 bridgehead atoms. The average Bonchev–Trinajstić information content (AvgIpc) is 3.32. The summed E-state index contributed by atoms with van der Waals surface area (Å²) < 4.78 is 1.71. The number of para-hydroxylation sites is 2. The molecule has 6 nitrogen and oxygen atoms in total. The Bertz CT molecular complexity index is 1060. The van der Waals surface area contributed by atoms with E-state index in [1.54, 1.807) is 16.0 Å². The SMILES string of the molecule is Cc1nn(-c2nc3ccccc3[nH]2)c2c1[C@H](c1cccs1)CC(=O)N2. The maximum absolute atomic E-state index is 12.3. The summed E-state index contributed by atoms with van der Waals surface area (Å²) >= 11 is 1.67. The number of fused-ring (bicyclic) bond motifs is 2. The third-order valence-corrected chi connectivity index (χ3v) is 5.55. The number of amides is 1. The molecule has 7 heteroatoms. The maximum atomic E-state index is 12.3. The number of carbonyl (C=O) groups excluding carboxylic acids is 1. The first-order valence-electron chi connectivity index (χ1n) is 8.08. The van der Waals surface area contributed by atoms with Crippen molar-refractivity contribution >= 4 is 34.1 Å². The van der Waals surface area contributed by atoms with Gasteiger partial charge in [0.2, 0.25) is 11.9 Å². The van der Waals surface area contributed by atoms with E-state index < -0.39 is 0 Å². The van der Waals surface area contributed by atoms with Crippen LogP contribution in [0.3, 0.4) is 0 Å². The predicted octanol–water partition coefficient (Wildman–Crippen LogP) is 3.59. The topological polar surface area (TPSA) is 75.6 Å². The van der Waals surface area contributed by atoms with Crippen molar-refractivity contribution in [1.82, 2.24) is 19.7 Å². The molecule has 0 unspecified atom stereocenters. The van der Waals surface area contributed by atoms with Crippen LogP contribution in [0.15, 0.2) is 41.8 Å². The van der Waals surface area contributed by atoms with Gasteiger partial charge in [0.15, 0.2) is 0 Å². The number of imidazole rings is 1. The molecule has 0 aliphatic carbocycles. The molecule has 3 aromatic heterocycles. The molecule has 25 heavy (non-hydrogen) atoms. The highest BCUT2D eigenvalue weighted by Gasteiger charge is 2.33. The number of nitrogens with zero attached hydrogens (tertiary/aromatic N) is 3. The van der Waals surface area contributed by atoms with Crippen molar-refractivity contribution in [1.29, 1.82) is 0 Å². The molecule has 2 N–H and O–H groups in total. The lowest BCUT2D eigenvalue weighted by Crippen LogP contribution is -2.24. The second kappa shape index (κ2) is 5.29. The zero-order valence-corrected chi connectivity index (χ0v) is 14.3. The number of rotatable bonds is 2. The number of hydrogen-bond donors (Lipinski definition) is 2. The van der Waals surface area contributed by atoms with Crippen LogP contribution in [-0.4, -0.2) is 25.7 Å². The fraction of sp³-hybridized carbons (Fsp3) is 0.167. The molecule has 1 atom stereocenters. The number of aromatic nitrogens is 4. The molecule has 1 amide bonds. The minimum absolute atomic E-state index is 0.00293. The van der Waals surface area contributed by atoms with Gasteiger partial charge in [-0.2, -0.15) is 9.78 Å². The highest BCUT2D eigenvalue weighted by Crippen LogP contribution is 2.41. The monoisotopic (exact) mass is 349 g/mol. The Labute approximate surface area is 147 Å². The second-order valence-electron chi connectivity index (χ2n) is 6.16. The van der Waals surface area contributed by atoms with Crippen molar-refractivity contribution in [3.8, 4) is 5.95 Å². The van der Waals surface area contributed by atoms with Crippen LogP contribution in [0.4, 0.5) is 5.82 Å². The molecule has 1 aliphatic heterocycles. The van der Waals surface area contributed by atoms with Crippen LogP contribution in [0.2, 0.25) is 0 Å². The van der Waals surface area contributed by atoms with Crippen molar-refractivity contribution in [2.75, 3.05) is 5.32 Å². The van der Waals surface area contributed by atoms with Crippen LogP contribution in [-0.2, 0) is 4.79 Å². The molecular formula is C18H15N5OS. The molecule has 0 saturated heterocycles. The Hall–Kier alpha value is -2.93. The van der Waals surface area contributed by atoms with E-state index in [1.165, 1.54) is 4.88 Å². The van der Waals surface area contributed by atoms with Crippen molar-refractivity contribution in [2.45, 2.75) is 19.3 Å². The summed E-state index contributed by atoms with van der Waals surface area (Å²) in [6.45, 7) is 1.98. The summed E-state index contributed by atoms with van der Waals surface area (Å²) in [5.74, 6) is 1.37. The van der Waals surface area contributed by atoms with Gasteiger partial charge in [0.25, 0.3) is 0 Å². The highest BCUT2D eigenvalue weighted by atomic mass is 32.1. The summed E-state index contributed by atoms with van der Waals surface area (Å²) in [7, 11) is 0. The lowest BCUT2D eigenvalue weighted by Gasteiger charge is -2.22. The van der Waals surface area contributed by atoms with Crippen molar-refractivity contribution < 1.29 is 4.79 Å². The van der Waals surface area contributed by atoms with Crippen molar-refractivity contribution in [2.24, 2.45) is 0 Å². The van der Waals surface area contributed by atoms with E-state index in [0.29, 0.717) is 18.2 Å². The van der Waals surface area contributed by atoms with Gasteiger partial charge in [-0.05, 0) is 30.5 Å². The van der Waals surface area contributed by atoms with Crippen LogP contribution >= 0.6 is 11.3 Å². The van der Waals surface area contributed by atoms with E-state index in [2.05, 4.69) is 26.4 Å². The van der Waals surface area contributed by atoms with Gasteiger partial charge >= 0.3 is 0 Å². The number of nitrogens with one attached hydrogen (secondary N) is 2. The van der Waals surface area contributed by atoms with E-state index in [1.807, 2.05) is 42.6 Å².